The average molecular weight is 413 g/mol. The lowest BCUT2D eigenvalue weighted by Gasteiger charge is -2.37. The molecule has 3 aromatic rings. The van der Waals surface area contributed by atoms with Crippen LogP contribution in [0, 0.1) is 0 Å². The summed E-state index contributed by atoms with van der Waals surface area (Å²) in [6.07, 6.45) is 0. The molecule has 10 nitrogen and oxygen atoms in total. The minimum atomic E-state index is -0.346. The molecular weight excluding hydrogens is 386 g/mol. The highest BCUT2D eigenvalue weighted by Crippen LogP contribution is 2.28. The molecule has 1 saturated heterocycles. The van der Waals surface area contributed by atoms with Crippen LogP contribution in [0.2, 0.25) is 0 Å². The maximum absolute atomic E-state index is 13.2. The van der Waals surface area contributed by atoms with Crippen LogP contribution in [0.3, 0.4) is 0 Å². The molecule has 1 aromatic carbocycles. The van der Waals surface area contributed by atoms with Crippen molar-refractivity contribution in [2.75, 3.05) is 54.1 Å². The maximum atomic E-state index is 13.2. The van der Waals surface area contributed by atoms with E-state index in [0.717, 1.165) is 37.1 Å². The van der Waals surface area contributed by atoms with Crippen molar-refractivity contribution in [3.05, 3.63) is 46.0 Å². The molecule has 30 heavy (non-hydrogen) atoms. The summed E-state index contributed by atoms with van der Waals surface area (Å²) in [4.78, 5) is 20.7. The third kappa shape index (κ3) is 4.07. The third-order valence-corrected chi connectivity index (χ3v) is 5.59. The molecule has 0 radical (unpaired) electrons. The second kappa shape index (κ2) is 8.90. The van der Waals surface area contributed by atoms with E-state index in [1.165, 1.54) is 0 Å². The fraction of sp³-hybridized carbons (Fsp3) is 0.500. The molecule has 1 aliphatic heterocycles. The molecule has 1 fully saturated rings. The summed E-state index contributed by atoms with van der Waals surface area (Å²) in [5.74, 6) is 1.35. The molecule has 1 unspecified atom stereocenters. The Bertz CT molecular complexity index is 1060. The van der Waals surface area contributed by atoms with Gasteiger partial charge in [-0.25, -0.2) is 4.68 Å². The van der Waals surface area contributed by atoms with Crippen LogP contribution in [-0.2, 0) is 11.3 Å². The van der Waals surface area contributed by atoms with E-state index in [9.17, 15) is 4.79 Å². The Hall–Kier alpha value is -2.82. The largest absolute Gasteiger partial charge is 0.497 e. The number of tetrazole rings is 1. The number of nitrogens with zero attached hydrogens (tertiary/aromatic N) is 6. The zero-order valence-electron chi connectivity index (χ0n) is 17.5. The first-order chi connectivity index (χ1) is 14.6. The topological polar surface area (TPSA) is 101 Å². The third-order valence-electron chi connectivity index (χ3n) is 5.59. The number of pyridine rings is 1. The summed E-state index contributed by atoms with van der Waals surface area (Å²) in [6.45, 7) is 4.47. The zero-order chi connectivity index (χ0) is 21.1. The van der Waals surface area contributed by atoms with Gasteiger partial charge in [0.2, 0.25) is 0 Å². The number of nitrogens with one attached hydrogen (secondary N) is 1. The number of piperazine rings is 1. The van der Waals surface area contributed by atoms with Crippen molar-refractivity contribution in [1.82, 2.24) is 35.0 Å². The summed E-state index contributed by atoms with van der Waals surface area (Å²) in [5.41, 5.74) is 1.21. The van der Waals surface area contributed by atoms with Crippen LogP contribution in [0.5, 0.6) is 5.75 Å². The Morgan fingerprint density at radius 1 is 1.17 bits per heavy atom. The first-order valence-electron chi connectivity index (χ1n) is 9.99. The molecule has 4 rings (SSSR count). The summed E-state index contributed by atoms with van der Waals surface area (Å²) < 4.78 is 12.2. The van der Waals surface area contributed by atoms with Crippen LogP contribution in [0.25, 0.3) is 10.9 Å². The Kier molecular flexibility index (Phi) is 6.07. The average Bonchev–Trinajstić information content (AvgIpc) is 3.21. The van der Waals surface area contributed by atoms with E-state index < -0.39 is 0 Å². The van der Waals surface area contributed by atoms with Gasteiger partial charge in [0.25, 0.3) is 5.56 Å². The van der Waals surface area contributed by atoms with Crippen LogP contribution in [-0.4, -0.2) is 89.0 Å². The van der Waals surface area contributed by atoms with Crippen molar-refractivity contribution in [1.29, 1.82) is 0 Å². The second-order valence-electron chi connectivity index (χ2n) is 7.50. The van der Waals surface area contributed by atoms with Gasteiger partial charge in [0.1, 0.15) is 11.8 Å². The normalized spacial score (nSPS) is 16.8. The number of methoxy groups -OCH3 is 2. The number of hydrogen-bond donors (Lipinski definition) is 1. The molecular formula is C20H27N7O3. The number of rotatable bonds is 7. The van der Waals surface area contributed by atoms with Gasteiger partial charge >= 0.3 is 0 Å². The van der Waals surface area contributed by atoms with Crippen molar-refractivity contribution < 1.29 is 9.47 Å². The quantitative estimate of drug-likeness (QED) is 0.598. The number of fused-ring (bicyclic) bond motifs is 1. The first kappa shape index (κ1) is 20.5. The number of hydrogen-bond acceptors (Lipinski definition) is 8. The minimum Gasteiger partial charge on any atom is -0.497 e. The molecule has 2 aromatic heterocycles. The smallest absolute Gasteiger partial charge is 0.253 e. The summed E-state index contributed by atoms with van der Waals surface area (Å²) in [7, 11) is 5.35. The Morgan fingerprint density at radius 3 is 2.70 bits per heavy atom. The number of likely N-dealkylation sites (N-methyl/N-ethyl adjacent to an activating group) is 1. The van der Waals surface area contributed by atoms with Crippen LogP contribution in [0.15, 0.2) is 29.1 Å². The number of aromatic nitrogens is 5. The number of benzene rings is 1. The molecule has 160 valence electrons. The van der Waals surface area contributed by atoms with Gasteiger partial charge in [-0.05, 0) is 41.1 Å². The Morgan fingerprint density at radius 2 is 1.97 bits per heavy atom. The highest BCUT2D eigenvalue weighted by atomic mass is 16.5. The van der Waals surface area contributed by atoms with Crippen molar-refractivity contribution in [2.24, 2.45) is 0 Å². The van der Waals surface area contributed by atoms with Gasteiger partial charge < -0.3 is 19.4 Å². The SMILES string of the molecule is COCCn1nnnc1C(c1cc2ccc(OC)cc2[nH]c1=O)N1CCN(C)CC1. The molecule has 1 aliphatic rings. The van der Waals surface area contributed by atoms with Gasteiger partial charge in [-0.1, -0.05) is 0 Å². The van der Waals surface area contributed by atoms with Gasteiger partial charge in [0.05, 0.1) is 25.8 Å². The Labute approximate surface area is 174 Å². The molecule has 0 amide bonds. The Balaban J connectivity index is 1.81. The van der Waals surface area contributed by atoms with Crippen LogP contribution >= 0.6 is 0 Å². The van der Waals surface area contributed by atoms with Gasteiger partial charge in [0.15, 0.2) is 5.82 Å². The molecule has 1 N–H and O–H groups in total. The van der Waals surface area contributed by atoms with Crippen molar-refractivity contribution in [3.63, 3.8) is 0 Å². The van der Waals surface area contributed by atoms with Gasteiger partial charge in [-0.15, -0.1) is 5.10 Å². The standard InChI is InChI=1S/C20H27N7O3/c1-25-6-8-26(9-7-25)18(19-22-23-24-27(19)10-11-29-2)16-12-14-4-5-15(30-3)13-17(14)21-20(16)28/h4-5,12-13,18H,6-11H2,1-3H3,(H,21,28). The van der Waals surface area contributed by atoms with E-state index >= 15 is 0 Å². The van der Waals surface area contributed by atoms with E-state index in [0.29, 0.717) is 30.3 Å². The molecule has 0 saturated carbocycles. The molecule has 0 aliphatic carbocycles. The molecule has 10 heteroatoms. The predicted molar refractivity (Wildman–Crippen MR) is 112 cm³/mol. The lowest BCUT2D eigenvalue weighted by molar-refractivity contribution is 0.119. The van der Waals surface area contributed by atoms with Crippen LogP contribution in [0.1, 0.15) is 17.4 Å². The van der Waals surface area contributed by atoms with Crippen molar-refractivity contribution in [2.45, 2.75) is 12.6 Å². The monoisotopic (exact) mass is 413 g/mol. The van der Waals surface area contributed by atoms with Crippen molar-refractivity contribution in [3.8, 4) is 5.75 Å². The van der Waals surface area contributed by atoms with Gasteiger partial charge in [-0.3, -0.25) is 9.69 Å². The molecule has 0 spiro atoms. The fourth-order valence-corrected chi connectivity index (χ4v) is 3.85. The molecule has 1 atom stereocenters. The van der Waals surface area contributed by atoms with Crippen LogP contribution in [0.4, 0.5) is 0 Å². The summed E-state index contributed by atoms with van der Waals surface area (Å²) in [6, 6.07) is 7.25. The van der Waals surface area contributed by atoms with Gasteiger partial charge in [0, 0.05) is 44.9 Å². The first-order valence-corrected chi connectivity index (χ1v) is 9.99. The maximum Gasteiger partial charge on any atom is 0.253 e. The van der Waals surface area contributed by atoms with E-state index in [2.05, 4.69) is 37.4 Å². The van der Waals surface area contributed by atoms with Crippen molar-refractivity contribution >= 4 is 10.9 Å². The minimum absolute atomic E-state index is 0.152. The highest BCUT2D eigenvalue weighted by Gasteiger charge is 2.32. The van der Waals surface area contributed by atoms with E-state index in [1.54, 1.807) is 18.9 Å². The molecule has 3 heterocycles. The van der Waals surface area contributed by atoms with E-state index in [1.807, 2.05) is 24.3 Å². The summed E-state index contributed by atoms with van der Waals surface area (Å²) >= 11 is 0. The van der Waals surface area contributed by atoms with Crippen LogP contribution < -0.4 is 10.3 Å². The summed E-state index contributed by atoms with van der Waals surface area (Å²) in [5, 5.41) is 13.3. The lowest BCUT2D eigenvalue weighted by Crippen LogP contribution is -2.47. The van der Waals surface area contributed by atoms with E-state index in [-0.39, 0.29) is 11.6 Å². The number of aromatic amines is 1. The predicted octanol–water partition coefficient (Wildman–Crippen LogP) is 0.506. The lowest BCUT2D eigenvalue weighted by atomic mass is 10.0. The molecule has 0 bridgehead atoms. The van der Waals surface area contributed by atoms with Gasteiger partial charge in [-0.2, -0.15) is 0 Å². The van der Waals surface area contributed by atoms with E-state index in [4.69, 9.17) is 9.47 Å². The number of H-pyrrole nitrogens is 1. The number of ether oxygens (including phenoxy) is 2. The zero-order valence-corrected chi connectivity index (χ0v) is 17.5. The highest BCUT2D eigenvalue weighted by molar-refractivity contribution is 5.80. The fourth-order valence-electron chi connectivity index (χ4n) is 3.85. The second-order valence-corrected chi connectivity index (χ2v) is 7.50.